The number of ether oxygens (including phenoxy) is 2. The summed E-state index contributed by atoms with van der Waals surface area (Å²) in [5.74, 6) is 1.94. The molecule has 5 rings (SSSR count). The number of rotatable bonds is 4. The third-order valence-electron chi connectivity index (χ3n) is 5.44. The highest BCUT2D eigenvalue weighted by Gasteiger charge is 2.34. The monoisotopic (exact) mass is 498 g/mol. The first-order valence-electron chi connectivity index (χ1n) is 9.66. The fourth-order valence-electron chi connectivity index (χ4n) is 4.04. The summed E-state index contributed by atoms with van der Waals surface area (Å²) in [6.07, 6.45) is 0.323. The van der Waals surface area contributed by atoms with E-state index >= 15 is 0 Å². The lowest BCUT2D eigenvalue weighted by molar-refractivity contribution is -0.116. The summed E-state index contributed by atoms with van der Waals surface area (Å²) in [5, 5.41) is 8.46. The van der Waals surface area contributed by atoms with E-state index in [9.17, 15) is 4.79 Å². The number of methoxy groups -OCH3 is 2. The standard InChI is InChI=1S/C22H19BrN4O3S/c1-11-20-15(14-8-12(23)4-7-17(14)30-3)10-19(28)25-21(20)27(26-11)22-24-16-6-5-13(29-2)9-18(16)31-22/h4-9,15H,10H2,1-3H3,(H,25,28)/t15-/m0/s1. The molecule has 0 fully saturated rings. The third kappa shape index (κ3) is 3.37. The second kappa shape index (κ2) is 7.65. The van der Waals surface area contributed by atoms with Gasteiger partial charge in [-0.05, 0) is 43.3 Å². The first-order chi connectivity index (χ1) is 15.0. The van der Waals surface area contributed by atoms with Crippen LogP contribution in [0.1, 0.15) is 29.2 Å². The van der Waals surface area contributed by atoms with Gasteiger partial charge in [-0.2, -0.15) is 9.78 Å². The van der Waals surface area contributed by atoms with Crippen molar-refractivity contribution in [3.05, 3.63) is 57.7 Å². The van der Waals surface area contributed by atoms with Crippen molar-refractivity contribution < 1.29 is 14.3 Å². The van der Waals surface area contributed by atoms with Gasteiger partial charge in [-0.1, -0.05) is 27.3 Å². The predicted octanol–water partition coefficient (Wildman–Crippen LogP) is 5.04. The topological polar surface area (TPSA) is 78.3 Å². The lowest BCUT2D eigenvalue weighted by Crippen LogP contribution is -2.25. The number of hydrogen-bond acceptors (Lipinski definition) is 6. The maximum absolute atomic E-state index is 12.7. The van der Waals surface area contributed by atoms with Crippen LogP contribution < -0.4 is 14.8 Å². The van der Waals surface area contributed by atoms with E-state index in [-0.39, 0.29) is 11.8 Å². The molecule has 0 saturated carbocycles. The maximum atomic E-state index is 12.7. The highest BCUT2D eigenvalue weighted by molar-refractivity contribution is 9.10. The fraction of sp³-hybridized carbons (Fsp3) is 0.227. The zero-order valence-electron chi connectivity index (χ0n) is 17.1. The van der Waals surface area contributed by atoms with Crippen LogP contribution in [0, 0.1) is 6.92 Å². The van der Waals surface area contributed by atoms with Gasteiger partial charge in [-0.25, -0.2) is 4.98 Å². The minimum absolute atomic E-state index is 0.0662. The number of carbonyl (C=O) groups is 1. The molecule has 0 aliphatic carbocycles. The molecule has 3 heterocycles. The molecule has 0 radical (unpaired) electrons. The van der Waals surface area contributed by atoms with Crippen LogP contribution in [0.2, 0.25) is 0 Å². The highest BCUT2D eigenvalue weighted by atomic mass is 79.9. The molecule has 2 aromatic carbocycles. The molecule has 1 aliphatic rings. The molecule has 0 spiro atoms. The molecule has 1 amide bonds. The van der Waals surface area contributed by atoms with Crippen LogP contribution in [-0.4, -0.2) is 34.9 Å². The van der Waals surface area contributed by atoms with Crippen molar-refractivity contribution in [2.75, 3.05) is 19.5 Å². The zero-order chi connectivity index (χ0) is 21.7. The van der Waals surface area contributed by atoms with E-state index in [1.165, 1.54) is 11.3 Å². The molecule has 1 N–H and O–H groups in total. The number of nitrogens with zero attached hydrogens (tertiary/aromatic N) is 3. The van der Waals surface area contributed by atoms with Gasteiger partial charge < -0.3 is 14.8 Å². The molecule has 0 bridgehead atoms. The molecule has 158 valence electrons. The molecule has 1 atom stereocenters. The second-order valence-electron chi connectivity index (χ2n) is 7.28. The Labute approximate surface area is 191 Å². The Morgan fingerprint density at radius 1 is 1.19 bits per heavy atom. The quantitative estimate of drug-likeness (QED) is 0.426. The van der Waals surface area contributed by atoms with Gasteiger partial charge in [0.25, 0.3) is 0 Å². The number of nitrogens with one attached hydrogen (secondary N) is 1. The van der Waals surface area contributed by atoms with Crippen LogP contribution in [-0.2, 0) is 4.79 Å². The molecular formula is C22H19BrN4O3S. The van der Waals surface area contributed by atoms with Gasteiger partial charge in [-0.15, -0.1) is 0 Å². The highest BCUT2D eigenvalue weighted by Crippen LogP contribution is 2.44. The van der Waals surface area contributed by atoms with Crippen LogP contribution in [0.3, 0.4) is 0 Å². The van der Waals surface area contributed by atoms with Crippen molar-refractivity contribution in [2.24, 2.45) is 0 Å². The molecule has 0 unspecified atom stereocenters. The molecule has 4 aromatic rings. The first kappa shape index (κ1) is 20.0. The summed E-state index contributed by atoms with van der Waals surface area (Å²) < 4.78 is 14.6. The van der Waals surface area contributed by atoms with Crippen LogP contribution in [0.25, 0.3) is 15.3 Å². The Hall–Kier alpha value is -2.91. The average molecular weight is 499 g/mol. The number of carbonyl (C=O) groups excluding carboxylic acids is 1. The predicted molar refractivity (Wildman–Crippen MR) is 124 cm³/mol. The molecule has 7 nitrogen and oxygen atoms in total. The van der Waals surface area contributed by atoms with Gasteiger partial charge >= 0.3 is 0 Å². The molecular weight excluding hydrogens is 480 g/mol. The number of thiazole rings is 1. The van der Waals surface area contributed by atoms with E-state index in [2.05, 4.69) is 21.2 Å². The normalized spacial score (nSPS) is 15.6. The van der Waals surface area contributed by atoms with E-state index in [0.717, 1.165) is 43.0 Å². The minimum atomic E-state index is -0.167. The van der Waals surface area contributed by atoms with Gasteiger partial charge in [0.1, 0.15) is 17.3 Å². The lowest BCUT2D eigenvalue weighted by Gasteiger charge is -2.25. The summed E-state index contributed by atoms with van der Waals surface area (Å²) in [6, 6.07) is 11.6. The van der Waals surface area contributed by atoms with Crippen molar-refractivity contribution in [1.29, 1.82) is 0 Å². The van der Waals surface area contributed by atoms with Gasteiger partial charge in [-0.3, -0.25) is 4.79 Å². The van der Waals surface area contributed by atoms with Gasteiger partial charge in [0.05, 0.1) is 30.1 Å². The number of aromatic nitrogens is 3. The maximum Gasteiger partial charge on any atom is 0.226 e. The van der Waals surface area contributed by atoms with Gasteiger partial charge in [0, 0.05) is 27.9 Å². The number of aryl methyl sites for hydroxylation is 1. The lowest BCUT2D eigenvalue weighted by atomic mass is 9.85. The Balaban J connectivity index is 1.67. The number of hydrogen-bond donors (Lipinski definition) is 1. The van der Waals surface area contributed by atoms with Crippen molar-refractivity contribution in [1.82, 2.24) is 14.8 Å². The molecule has 0 saturated heterocycles. The Bertz CT molecular complexity index is 1330. The molecule has 1 aliphatic heterocycles. The van der Waals surface area contributed by atoms with E-state index in [1.807, 2.05) is 43.3 Å². The van der Waals surface area contributed by atoms with Crippen LogP contribution >= 0.6 is 27.3 Å². The molecule has 31 heavy (non-hydrogen) atoms. The second-order valence-corrected chi connectivity index (χ2v) is 9.21. The molecule has 2 aromatic heterocycles. The van der Waals surface area contributed by atoms with Crippen LogP contribution in [0.15, 0.2) is 40.9 Å². The Morgan fingerprint density at radius 2 is 2.03 bits per heavy atom. The van der Waals surface area contributed by atoms with E-state index in [0.29, 0.717) is 17.4 Å². The van der Waals surface area contributed by atoms with Crippen LogP contribution in [0.4, 0.5) is 5.82 Å². The SMILES string of the molecule is COc1ccc2nc(-n3nc(C)c4c3NC(=O)C[C@H]4c3cc(Br)ccc3OC)sc2c1. The number of halogens is 1. The number of anilines is 1. The summed E-state index contributed by atoms with van der Waals surface area (Å²) in [5.41, 5.74) is 3.63. The van der Waals surface area contributed by atoms with Crippen molar-refractivity contribution in [3.63, 3.8) is 0 Å². The van der Waals surface area contributed by atoms with Gasteiger partial charge in [0.2, 0.25) is 11.0 Å². The third-order valence-corrected chi connectivity index (χ3v) is 6.92. The van der Waals surface area contributed by atoms with Gasteiger partial charge in [0.15, 0.2) is 0 Å². The minimum Gasteiger partial charge on any atom is -0.497 e. The summed E-state index contributed by atoms with van der Waals surface area (Å²) in [7, 11) is 3.28. The summed E-state index contributed by atoms with van der Waals surface area (Å²) in [6.45, 7) is 1.96. The van der Waals surface area contributed by atoms with E-state index < -0.39 is 0 Å². The largest absolute Gasteiger partial charge is 0.497 e. The number of amides is 1. The smallest absolute Gasteiger partial charge is 0.226 e. The fourth-order valence-corrected chi connectivity index (χ4v) is 5.37. The van der Waals surface area contributed by atoms with Crippen molar-refractivity contribution in [3.8, 4) is 16.6 Å². The number of fused-ring (bicyclic) bond motifs is 2. The molecule has 9 heteroatoms. The van der Waals surface area contributed by atoms with E-state index in [4.69, 9.17) is 19.6 Å². The summed E-state index contributed by atoms with van der Waals surface area (Å²) >= 11 is 5.04. The van der Waals surface area contributed by atoms with Crippen LogP contribution in [0.5, 0.6) is 11.5 Å². The Kier molecular flexibility index (Phi) is 4.94. The van der Waals surface area contributed by atoms with Crippen molar-refractivity contribution >= 4 is 49.2 Å². The average Bonchev–Trinajstić information content (AvgIpc) is 3.33. The van der Waals surface area contributed by atoms with Crippen molar-refractivity contribution in [2.45, 2.75) is 19.3 Å². The zero-order valence-corrected chi connectivity index (χ0v) is 19.5. The number of benzene rings is 2. The Morgan fingerprint density at radius 3 is 2.81 bits per heavy atom. The first-order valence-corrected chi connectivity index (χ1v) is 11.3. The summed E-state index contributed by atoms with van der Waals surface area (Å²) in [4.78, 5) is 17.4. The van der Waals surface area contributed by atoms with E-state index in [1.54, 1.807) is 18.9 Å².